The van der Waals surface area contributed by atoms with Crippen molar-refractivity contribution < 1.29 is 14.4 Å². The molecule has 11 N–H and O–H groups in total. The Morgan fingerprint density at radius 1 is 0.612 bits per heavy atom. The maximum atomic E-state index is 13.5. The first-order chi connectivity index (χ1) is 23.8. The Labute approximate surface area is 293 Å². The number of fused-ring (bicyclic) bond motifs is 1. The molecule has 0 aliphatic carbocycles. The summed E-state index contributed by atoms with van der Waals surface area (Å²) in [4.78, 5) is 41.4. The largest absolute Gasteiger partial charge is 0.398 e. The second-order valence-electron chi connectivity index (χ2n) is 11.2. The zero-order valence-electron chi connectivity index (χ0n) is 26.8. The van der Waals surface area contributed by atoms with Crippen LogP contribution in [0.5, 0.6) is 0 Å². The molecular formula is C37H39N7O3S2. The van der Waals surface area contributed by atoms with Crippen LogP contribution in [0.15, 0.2) is 113 Å². The Hall–Kier alpha value is -4.85. The summed E-state index contributed by atoms with van der Waals surface area (Å²) in [6.45, 7) is 0.851. The zero-order valence-corrected chi connectivity index (χ0v) is 28.4. The van der Waals surface area contributed by atoms with Crippen molar-refractivity contribution in [3.05, 3.63) is 120 Å². The van der Waals surface area contributed by atoms with E-state index in [-0.39, 0.29) is 11.5 Å². The van der Waals surface area contributed by atoms with E-state index in [1.165, 1.54) is 29.6 Å². The Kier molecular flexibility index (Phi) is 12.3. The van der Waals surface area contributed by atoms with E-state index in [0.29, 0.717) is 64.2 Å². The monoisotopic (exact) mass is 693 g/mol. The molecule has 1 atom stereocenters. The highest BCUT2D eigenvalue weighted by atomic mass is 32.2. The molecular weight excluding hydrogens is 655 g/mol. The van der Waals surface area contributed by atoms with E-state index in [4.69, 9.17) is 22.9 Å². The molecule has 12 heteroatoms. The van der Waals surface area contributed by atoms with Gasteiger partial charge in [0.25, 0.3) is 11.8 Å². The van der Waals surface area contributed by atoms with Gasteiger partial charge in [0.15, 0.2) is 0 Å². The van der Waals surface area contributed by atoms with Crippen molar-refractivity contribution in [2.75, 3.05) is 46.3 Å². The summed E-state index contributed by atoms with van der Waals surface area (Å²) in [5, 5.41) is 11.0. The van der Waals surface area contributed by atoms with Crippen LogP contribution in [-0.4, -0.2) is 48.4 Å². The van der Waals surface area contributed by atoms with Crippen LogP contribution >= 0.6 is 23.5 Å². The Morgan fingerprint density at radius 3 is 1.82 bits per heavy atom. The van der Waals surface area contributed by atoms with Crippen LogP contribution in [0.3, 0.4) is 0 Å². The van der Waals surface area contributed by atoms with E-state index in [9.17, 15) is 14.4 Å². The normalized spacial score (nSPS) is 11.6. The fourth-order valence-electron chi connectivity index (χ4n) is 5.15. The van der Waals surface area contributed by atoms with E-state index in [1.807, 2.05) is 42.5 Å². The molecule has 5 aromatic carbocycles. The molecule has 0 aromatic heterocycles. The molecule has 10 nitrogen and oxygen atoms in total. The summed E-state index contributed by atoms with van der Waals surface area (Å²) < 4.78 is 0. The highest BCUT2D eigenvalue weighted by Crippen LogP contribution is 2.35. The van der Waals surface area contributed by atoms with E-state index in [0.717, 1.165) is 21.2 Å². The number of hydrogen-bond acceptors (Lipinski definition) is 9. The van der Waals surface area contributed by atoms with Crippen molar-refractivity contribution >= 4 is 74.8 Å². The number of rotatable bonds is 14. The highest BCUT2D eigenvalue weighted by Gasteiger charge is 2.20. The van der Waals surface area contributed by atoms with Gasteiger partial charge in [0.05, 0.1) is 32.9 Å². The molecule has 0 heterocycles. The molecule has 0 aliphatic heterocycles. The number of carbonyl (C=O) groups excluding carboxylic acids is 3. The molecule has 0 saturated carbocycles. The number of carbonyl (C=O) groups is 3. The van der Waals surface area contributed by atoms with Crippen molar-refractivity contribution in [2.45, 2.75) is 22.3 Å². The Morgan fingerprint density at radius 2 is 1.16 bits per heavy atom. The van der Waals surface area contributed by atoms with Crippen molar-refractivity contribution in [1.29, 1.82) is 0 Å². The zero-order chi connectivity index (χ0) is 34.8. The molecule has 49 heavy (non-hydrogen) atoms. The van der Waals surface area contributed by atoms with Gasteiger partial charge < -0.3 is 38.9 Å². The predicted molar refractivity (Wildman–Crippen MR) is 203 cm³/mol. The minimum Gasteiger partial charge on any atom is -0.398 e. The first-order valence-corrected chi connectivity index (χ1v) is 17.7. The molecule has 0 bridgehead atoms. The molecule has 0 spiro atoms. The van der Waals surface area contributed by atoms with E-state index < -0.39 is 17.9 Å². The lowest BCUT2D eigenvalue weighted by molar-refractivity contribution is -0.117. The van der Waals surface area contributed by atoms with Crippen LogP contribution in [0.1, 0.15) is 26.3 Å². The third-order valence-electron chi connectivity index (χ3n) is 7.54. The summed E-state index contributed by atoms with van der Waals surface area (Å²) in [7, 11) is 0. The van der Waals surface area contributed by atoms with Crippen LogP contribution in [-0.2, 0) is 11.2 Å². The number of amides is 3. The van der Waals surface area contributed by atoms with Crippen LogP contribution < -0.4 is 38.9 Å². The fourth-order valence-corrected chi connectivity index (χ4v) is 6.86. The fraction of sp³-hybridized carbons (Fsp3) is 0.162. The van der Waals surface area contributed by atoms with Gasteiger partial charge in [-0.05, 0) is 65.2 Å². The van der Waals surface area contributed by atoms with Gasteiger partial charge in [0.2, 0.25) is 5.91 Å². The first-order valence-electron chi connectivity index (χ1n) is 15.7. The van der Waals surface area contributed by atoms with Gasteiger partial charge in [0.1, 0.15) is 0 Å². The third-order valence-corrected chi connectivity index (χ3v) is 9.89. The Balaban J connectivity index is 1.30. The molecule has 5 rings (SSSR count). The van der Waals surface area contributed by atoms with Crippen molar-refractivity contribution in [1.82, 2.24) is 0 Å². The molecule has 0 fully saturated rings. The number of nitrogens with two attached hydrogens (primary N) is 4. The average molecular weight is 694 g/mol. The van der Waals surface area contributed by atoms with E-state index in [2.05, 4.69) is 16.0 Å². The SMILES string of the molecule is NCCSc1c(N)cccc1NC(=O)c1cccc(C(=O)Nc2cccc(NC(=O)[C@@H](N)Cc3ccc4ccccc4c3)c2SCCN)c1. The molecule has 0 unspecified atom stereocenters. The van der Waals surface area contributed by atoms with Crippen LogP contribution in [0.2, 0.25) is 0 Å². The third kappa shape index (κ3) is 9.19. The van der Waals surface area contributed by atoms with Gasteiger partial charge >= 0.3 is 0 Å². The van der Waals surface area contributed by atoms with Gasteiger partial charge in [-0.1, -0.05) is 60.7 Å². The lowest BCUT2D eigenvalue weighted by Gasteiger charge is -2.18. The van der Waals surface area contributed by atoms with E-state index >= 15 is 0 Å². The van der Waals surface area contributed by atoms with Gasteiger partial charge in [-0.15, -0.1) is 23.5 Å². The minimum atomic E-state index is -0.802. The summed E-state index contributed by atoms with van der Waals surface area (Å²) in [5.41, 5.74) is 27.6. The number of nitrogen functional groups attached to an aromatic ring is 1. The van der Waals surface area contributed by atoms with Crippen molar-refractivity contribution in [2.24, 2.45) is 17.2 Å². The summed E-state index contributed by atoms with van der Waals surface area (Å²) in [5.74, 6) is 0.0168. The number of nitrogens with one attached hydrogen (secondary N) is 3. The number of benzene rings is 5. The lowest BCUT2D eigenvalue weighted by Crippen LogP contribution is -2.37. The minimum absolute atomic E-state index is 0.277. The summed E-state index contributed by atoms with van der Waals surface area (Å²) in [6.07, 6.45) is 0.355. The molecule has 0 aliphatic rings. The van der Waals surface area contributed by atoms with Crippen LogP contribution in [0, 0.1) is 0 Å². The van der Waals surface area contributed by atoms with Gasteiger partial charge in [0, 0.05) is 41.4 Å². The van der Waals surface area contributed by atoms with Gasteiger partial charge in [-0.3, -0.25) is 14.4 Å². The smallest absolute Gasteiger partial charge is 0.255 e. The number of hydrogen-bond donors (Lipinski definition) is 7. The number of anilines is 4. The summed E-state index contributed by atoms with van der Waals surface area (Å²) >= 11 is 2.87. The van der Waals surface area contributed by atoms with Crippen molar-refractivity contribution in [3.8, 4) is 0 Å². The van der Waals surface area contributed by atoms with Gasteiger partial charge in [-0.2, -0.15) is 0 Å². The molecule has 0 radical (unpaired) electrons. The average Bonchev–Trinajstić information content (AvgIpc) is 3.11. The second kappa shape index (κ2) is 17.0. The van der Waals surface area contributed by atoms with Crippen LogP contribution in [0.25, 0.3) is 10.8 Å². The van der Waals surface area contributed by atoms with E-state index in [1.54, 1.807) is 54.6 Å². The maximum absolute atomic E-state index is 13.5. The molecule has 5 aromatic rings. The molecule has 3 amide bonds. The first kappa shape index (κ1) is 35.5. The predicted octanol–water partition coefficient (Wildman–Crippen LogP) is 5.54. The van der Waals surface area contributed by atoms with Crippen LogP contribution in [0.4, 0.5) is 22.7 Å². The van der Waals surface area contributed by atoms with Crippen molar-refractivity contribution in [3.63, 3.8) is 0 Å². The standard InChI is InChI=1S/C37H39N7O3S2/c38-16-18-48-33-28(40)10-4-11-30(33)42-35(45)26-8-3-9-27(22-26)36(46)43-31-12-5-13-32(34(31)49-19-17-39)44-37(47)29(41)21-23-14-15-24-6-1-2-7-25(24)20-23/h1-15,20,22,29H,16-19,21,38-41H2,(H,42,45)(H,43,46)(H,44,47)/t29-/m0/s1. The molecule has 252 valence electrons. The topological polar surface area (TPSA) is 191 Å². The second-order valence-corrected chi connectivity index (χ2v) is 13.4. The highest BCUT2D eigenvalue weighted by molar-refractivity contribution is 7.99. The molecule has 0 saturated heterocycles. The quantitative estimate of drug-likeness (QED) is 0.0578. The number of thioether (sulfide) groups is 2. The Bertz CT molecular complexity index is 1970. The van der Waals surface area contributed by atoms with Gasteiger partial charge in [-0.25, -0.2) is 0 Å². The lowest BCUT2D eigenvalue weighted by atomic mass is 10.0. The summed E-state index contributed by atoms with van der Waals surface area (Å²) in [6, 6.07) is 30.2. The maximum Gasteiger partial charge on any atom is 0.255 e.